The van der Waals surface area contributed by atoms with E-state index in [9.17, 15) is 13.6 Å². The molecule has 188 valence electrons. The van der Waals surface area contributed by atoms with Gasteiger partial charge in [-0.15, -0.1) is 10.2 Å². The number of rotatable bonds is 4. The number of pyridine rings is 1. The highest BCUT2D eigenvalue weighted by Crippen LogP contribution is 2.56. The summed E-state index contributed by atoms with van der Waals surface area (Å²) in [6, 6.07) is 8.71. The van der Waals surface area contributed by atoms with Crippen molar-refractivity contribution in [3.05, 3.63) is 64.6 Å². The summed E-state index contributed by atoms with van der Waals surface area (Å²) in [5, 5.41) is 9.53. The van der Waals surface area contributed by atoms with Crippen molar-refractivity contribution >= 4 is 23.5 Å². The monoisotopic (exact) mass is 514 g/mol. The molecule has 2 aliphatic heterocycles. The van der Waals surface area contributed by atoms with Gasteiger partial charge in [0.1, 0.15) is 30.2 Å². The smallest absolute Gasteiger partial charge is 0.410 e. The lowest BCUT2D eigenvalue weighted by Crippen LogP contribution is -2.62. The van der Waals surface area contributed by atoms with Crippen LogP contribution in [0.4, 0.5) is 19.4 Å². The molecule has 1 aliphatic carbocycles. The van der Waals surface area contributed by atoms with Crippen LogP contribution in [0.1, 0.15) is 42.9 Å². The quantitative estimate of drug-likeness (QED) is 0.504. The molecule has 1 aromatic carbocycles. The van der Waals surface area contributed by atoms with Gasteiger partial charge in [-0.2, -0.15) is 0 Å². The second kappa shape index (κ2) is 8.69. The van der Waals surface area contributed by atoms with Gasteiger partial charge in [0.15, 0.2) is 5.82 Å². The molecule has 6 rings (SSSR count). The number of carbonyl (C=O) groups is 1. The van der Waals surface area contributed by atoms with Crippen molar-refractivity contribution in [3.63, 3.8) is 0 Å². The zero-order valence-electron chi connectivity index (χ0n) is 19.7. The van der Waals surface area contributed by atoms with Crippen LogP contribution in [0.25, 0.3) is 5.69 Å². The van der Waals surface area contributed by atoms with Crippen LogP contribution >= 0.6 is 11.6 Å². The Morgan fingerprint density at radius 3 is 2.75 bits per heavy atom. The molecule has 4 heterocycles. The third-order valence-electron chi connectivity index (χ3n) is 7.32. The van der Waals surface area contributed by atoms with Crippen molar-refractivity contribution in [2.45, 2.75) is 44.9 Å². The number of nitrogens with zero attached hydrogens (tertiary/aromatic N) is 6. The van der Waals surface area contributed by atoms with Gasteiger partial charge in [0.25, 0.3) is 0 Å². The number of fused-ring (bicyclic) bond motifs is 3. The summed E-state index contributed by atoms with van der Waals surface area (Å²) < 4.78 is 33.4. The van der Waals surface area contributed by atoms with Crippen LogP contribution in [-0.4, -0.2) is 56.6 Å². The van der Waals surface area contributed by atoms with Gasteiger partial charge in [-0.3, -0.25) is 9.47 Å². The molecule has 0 bridgehead atoms. The van der Waals surface area contributed by atoms with Crippen LogP contribution in [0.3, 0.4) is 0 Å². The highest BCUT2D eigenvalue weighted by molar-refractivity contribution is 6.30. The fourth-order valence-corrected chi connectivity index (χ4v) is 5.80. The second-order valence-corrected chi connectivity index (χ2v) is 10.5. The van der Waals surface area contributed by atoms with Crippen molar-refractivity contribution in [1.29, 1.82) is 0 Å². The number of hydrogen-bond donors (Lipinski definition) is 0. The first-order valence-corrected chi connectivity index (χ1v) is 12.3. The van der Waals surface area contributed by atoms with Crippen LogP contribution in [0.5, 0.6) is 0 Å². The van der Waals surface area contributed by atoms with E-state index in [0.717, 1.165) is 48.8 Å². The van der Waals surface area contributed by atoms with Gasteiger partial charge in [-0.1, -0.05) is 11.6 Å². The van der Waals surface area contributed by atoms with Gasteiger partial charge in [0, 0.05) is 29.4 Å². The standard InChI is InChI=1S/C25H25ClF2N6O2/c1-15(9-27)36-24(35)32-11-16-6-18(26)2-4-20(16)34-22(12-32)30-31-23(34)17-7-25(8-17)13-33(14-25)21-5-3-19(28)10-29-21/h2-6,10,15,17H,7-9,11-14H2,1H3. The predicted octanol–water partition coefficient (Wildman–Crippen LogP) is 4.65. The van der Waals surface area contributed by atoms with Crippen molar-refractivity contribution in [3.8, 4) is 5.69 Å². The summed E-state index contributed by atoms with van der Waals surface area (Å²) in [6.45, 7) is 2.98. The molecule has 1 saturated heterocycles. The molecular weight excluding hydrogens is 490 g/mol. The summed E-state index contributed by atoms with van der Waals surface area (Å²) in [5.41, 5.74) is 1.92. The molecule has 0 radical (unpaired) electrons. The van der Waals surface area contributed by atoms with Gasteiger partial charge in [0.2, 0.25) is 0 Å². The van der Waals surface area contributed by atoms with E-state index in [1.165, 1.54) is 24.1 Å². The highest BCUT2D eigenvalue weighted by Gasteiger charge is 2.54. The first-order chi connectivity index (χ1) is 17.3. The lowest BCUT2D eigenvalue weighted by molar-refractivity contribution is 0.0546. The van der Waals surface area contributed by atoms with Crippen molar-refractivity contribution in [2.24, 2.45) is 5.41 Å². The first kappa shape index (κ1) is 23.1. The number of amides is 1. The average molecular weight is 515 g/mol. The summed E-state index contributed by atoms with van der Waals surface area (Å²) in [5.74, 6) is 2.17. The Kier molecular flexibility index (Phi) is 5.59. The van der Waals surface area contributed by atoms with Crippen LogP contribution < -0.4 is 4.90 Å². The predicted molar refractivity (Wildman–Crippen MR) is 128 cm³/mol. The molecule has 3 aromatic rings. The van der Waals surface area contributed by atoms with Crippen LogP contribution in [-0.2, 0) is 17.8 Å². The van der Waals surface area contributed by atoms with Gasteiger partial charge in [-0.25, -0.2) is 18.6 Å². The van der Waals surface area contributed by atoms with Crippen LogP contribution in [0.15, 0.2) is 36.5 Å². The number of ether oxygens (including phenoxy) is 1. The molecule has 0 N–H and O–H groups in total. The topological polar surface area (TPSA) is 76.4 Å². The lowest BCUT2D eigenvalue weighted by atomic mass is 9.57. The molecule has 1 amide bonds. The second-order valence-electron chi connectivity index (χ2n) is 10.1. The normalized spacial score (nSPS) is 19.1. The van der Waals surface area contributed by atoms with Gasteiger partial charge in [0.05, 0.1) is 25.0 Å². The molecule has 2 fully saturated rings. The van der Waals surface area contributed by atoms with Crippen molar-refractivity contribution in [1.82, 2.24) is 24.6 Å². The van der Waals surface area contributed by atoms with Crippen LogP contribution in [0.2, 0.25) is 5.02 Å². The fourth-order valence-electron chi connectivity index (χ4n) is 5.60. The Labute approximate surface area is 211 Å². The minimum atomic E-state index is -0.827. The largest absolute Gasteiger partial charge is 0.444 e. The number of carbonyl (C=O) groups excluding carboxylic acids is 1. The molecule has 8 nitrogen and oxygen atoms in total. The van der Waals surface area contributed by atoms with Crippen molar-refractivity contribution < 1.29 is 18.3 Å². The summed E-state index contributed by atoms with van der Waals surface area (Å²) in [4.78, 5) is 20.6. The van der Waals surface area contributed by atoms with Gasteiger partial charge < -0.3 is 9.64 Å². The molecule has 1 unspecified atom stereocenters. The van der Waals surface area contributed by atoms with E-state index >= 15 is 0 Å². The molecule has 1 atom stereocenters. The van der Waals surface area contributed by atoms with E-state index in [1.54, 1.807) is 6.07 Å². The summed E-state index contributed by atoms with van der Waals surface area (Å²) in [6.07, 6.45) is 1.75. The Hall–Kier alpha value is -3.27. The Morgan fingerprint density at radius 1 is 1.22 bits per heavy atom. The third-order valence-corrected chi connectivity index (χ3v) is 7.56. The number of halogens is 3. The minimum Gasteiger partial charge on any atom is -0.444 e. The molecule has 2 aromatic heterocycles. The van der Waals surface area contributed by atoms with Gasteiger partial charge >= 0.3 is 6.09 Å². The maximum Gasteiger partial charge on any atom is 0.410 e. The number of benzene rings is 1. The fraction of sp³-hybridized carbons (Fsp3) is 0.440. The van der Waals surface area contributed by atoms with E-state index in [2.05, 4.69) is 20.1 Å². The maximum atomic E-state index is 13.2. The maximum absolute atomic E-state index is 13.2. The number of hydrogen-bond acceptors (Lipinski definition) is 6. The average Bonchev–Trinajstić information content (AvgIpc) is 3.13. The zero-order valence-corrected chi connectivity index (χ0v) is 20.5. The van der Waals surface area contributed by atoms with Crippen molar-refractivity contribution in [2.75, 3.05) is 24.7 Å². The van der Waals surface area contributed by atoms with E-state index in [4.69, 9.17) is 16.3 Å². The van der Waals surface area contributed by atoms with E-state index in [-0.39, 0.29) is 30.2 Å². The zero-order chi connectivity index (χ0) is 25.0. The number of aromatic nitrogens is 4. The van der Waals surface area contributed by atoms with E-state index < -0.39 is 18.9 Å². The number of anilines is 1. The van der Waals surface area contributed by atoms with E-state index in [0.29, 0.717) is 10.8 Å². The summed E-state index contributed by atoms with van der Waals surface area (Å²) >= 11 is 6.29. The minimum absolute atomic E-state index is 0.193. The Balaban J connectivity index is 1.23. The van der Waals surface area contributed by atoms with Gasteiger partial charge in [-0.05, 0) is 55.7 Å². The molecule has 3 aliphatic rings. The van der Waals surface area contributed by atoms with E-state index in [1.807, 2.05) is 22.8 Å². The third kappa shape index (κ3) is 3.97. The number of alkyl halides is 1. The SMILES string of the molecule is CC(CF)OC(=O)N1Cc2cc(Cl)ccc2-n2c(nnc2C2CC3(C2)CN(c2ccc(F)cn2)C3)C1. The molecule has 36 heavy (non-hydrogen) atoms. The molecule has 1 saturated carbocycles. The molecule has 1 spiro atoms. The lowest BCUT2D eigenvalue weighted by Gasteiger charge is -2.59. The molecular formula is C25H25ClF2N6O2. The molecule has 11 heteroatoms. The summed E-state index contributed by atoms with van der Waals surface area (Å²) in [7, 11) is 0. The Morgan fingerprint density at radius 2 is 2.03 bits per heavy atom. The first-order valence-electron chi connectivity index (χ1n) is 12.0. The highest BCUT2D eigenvalue weighted by atomic mass is 35.5. The van der Waals surface area contributed by atoms with Crippen LogP contribution in [0, 0.1) is 11.2 Å². The Bertz CT molecular complexity index is 1300.